The van der Waals surface area contributed by atoms with E-state index in [1.165, 1.54) is 30.5 Å². The van der Waals surface area contributed by atoms with E-state index in [9.17, 15) is 14.7 Å². The van der Waals surface area contributed by atoms with Gasteiger partial charge in [-0.25, -0.2) is 5.43 Å². The van der Waals surface area contributed by atoms with Crippen molar-refractivity contribution in [3.05, 3.63) is 94.5 Å². The number of benzene rings is 3. The van der Waals surface area contributed by atoms with Crippen molar-refractivity contribution in [1.82, 2.24) is 5.43 Å². The van der Waals surface area contributed by atoms with Crippen LogP contribution in [0.25, 0.3) is 0 Å². The fourth-order valence-electron chi connectivity index (χ4n) is 2.34. The maximum absolute atomic E-state index is 12.3. The number of hydrazone groups is 1. The molecule has 3 aromatic rings. The van der Waals surface area contributed by atoms with E-state index in [1.54, 1.807) is 48.5 Å². The van der Waals surface area contributed by atoms with Gasteiger partial charge in [-0.1, -0.05) is 23.7 Å². The van der Waals surface area contributed by atoms with E-state index in [0.29, 0.717) is 27.4 Å². The number of anilines is 1. The summed E-state index contributed by atoms with van der Waals surface area (Å²) in [6, 6.07) is 19.4. The maximum Gasteiger partial charge on any atom is 0.271 e. The molecule has 0 spiro atoms. The van der Waals surface area contributed by atoms with Crippen molar-refractivity contribution >= 4 is 35.3 Å². The highest BCUT2D eigenvalue weighted by Gasteiger charge is 2.06. The number of carbonyl (C=O) groups excluding carboxylic acids is 2. The summed E-state index contributed by atoms with van der Waals surface area (Å²) in [5.41, 5.74) is 4.56. The van der Waals surface area contributed by atoms with Gasteiger partial charge < -0.3 is 10.4 Å². The number of hydrogen-bond acceptors (Lipinski definition) is 4. The Kier molecular flexibility index (Phi) is 6.04. The zero-order valence-electron chi connectivity index (χ0n) is 14.6. The number of rotatable bonds is 5. The summed E-state index contributed by atoms with van der Waals surface area (Å²) >= 11 is 5.83. The van der Waals surface area contributed by atoms with Gasteiger partial charge in [-0.05, 0) is 66.2 Å². The molecular formula is C21H16ClN3O3. The predicted octanol–water partition coefficient (Wildman–Crippen LogP) is 4.06. The summed E-state index contributed by atoms with van der Waals surface area (Å²) in [6.45, 7) is 0. The largest absolute Gasteiger partial charge is 0.508 e. The molecule has 140 valence electrons. The van der Waals surface area contributed by atoms with Crippen molar-refractivity contribution in [3.63, 3.8) is 0 Å². The minimum Gasteiger partial charge on any atom is -0.508 e. The summed E-state index contributed by atoms with van der Waals surface area (Å²) in [6.07, 6.45) is 1.47. The Labute approximate surface area is 166 Å². The molecule has 0 aliphatic rings. The van der Waals surface area contributed by atoms with Gasteiger partial charge in [-0.15, -0.1) is 0 Å². The van der Waals surface area contributed by atoms with Crippen LogP contribution in [0.5, 0.6) is 5.75 Å². The molecular weight excluding hydrogens is 378 g/mol. The number of halogens is 1. The second-order valence-corrected chi connectivity index (χ2v) is 6.27. The first kappa shape index (κ1) is 19.1. The number of phenols is 1. The van der Waals surface area contributed by atoms with Crippen LogP contribution >= 0.6 is 11.6 Å². The van der Waals surface area contributed by atoms with Gasteiger partial charge in [0.05, 0.1) is 6.21 Å². The minimum absolute atomic E-state index is 0.0810. The highest BCUT2D eigenvalue weighted by atomic mass is 35.5. The predicted molar refractivity (Wildman–Crippen MR) is 109 cm³/mol. The molecule has 7 heteroatoms. The van der Waals surface area contributed by atoms with Crippen LogP contribution in [0.15, 0.2) is 77.9 Å². The van der Waals surface area contributed by atoms with Crippen molar-refractivity contribution in [1.29, 1.82) is 0 Å². The van der Waals surface area contributed by atoms with E-state index in [4.69, 9.17) is 11.6 Å². The first-order chi connectivity index (χ1) is 13.5. The van der Waals surface area contributed by atoms with E-state index in [1.807, 2.05) is 0 Å². The third-order valence-corrected chi connectivity index (χ3v) is 4.01. The molecule has 0 bridgehead atoms. The Morgan fingerprint density at radius 2 is 1.54 bits per heavy atom. The molecule has 3 rings (SSSR count). The van der Waals surface area contributed by atoms with Crippen LogP contribution in [0, 0.1) is 0 Å². The van der Waals surface area contributed by atoms with E-state index in [0.717, 1.165) is 0 Å². The van der Waals surface area contributed by atoms with Crippen molar-refractivity contribution < 1.29 is 14.7 Å². The fourth-order valence-corrected chi connectivity index (χ4v) is 2.47. The molecule has 6 nitrogen and oxygen atoms in total. The molecule has 2 amide bonds. The zero-order valence-corrected chi connectivity index (χ0v) is 15.4. The first-order valence-corrected chi connectivity index (χ1v) is 8.68. The number of amides is 2. The number of hydrogen-bond donors (Lipinski definition) is 3. The number of nitrogens with zero attached hydrogens (tertiary/aromatic N) is 1. The molecule has 0 unspecified atom stereocenters. The fraction of sp³-hybridized carbons (Fsp3) is 0. The summed E-state index contributed by atoms with van der Waals surface area (Å²) in [5, 5.41) is 16.5. The lowest BCUT2D eigenvalue weighted by atomic mass is 10.2. The number of aromatic hydroxyl groups is 1. The van der Waals surface area contributed by atoms with Crippen LogP contribution in [0.4, 0.5) is 5.69 Å². The Morgan fingerprint density at radius 1 is 0.893 bits per heavy atom. The summed E-state index contributed by atoms with van der Waals surface area (Å²) < 4.78 is 0. The molecule has 0 aliphatic carbocycles. The van der Waals surface area contributed by atoms with Crippen LogP contribution in [0.1, 0.15) is 26.3 Å². The molecule has 28 heavy (non-hydrogen) atoms. The number of carbonyl (C=O) groups is 2. The van der Waals surface area contributed by atoms with Crippen LogP contribution in [0.2, 0.25) is 5.02 Å². The van der Waals surface area contributed by atoms with E-state index < -0.39 is 5.91 Å². The molecule has 0 fully saturated rings. The quantitative estimate of drug-likeness (QED) is 0.451. The SMILES string of the molecule is O=C(N/N=C\c1cccc(NC(=O)c2ccc(Cl)cc2)c1)c1ccc(O)cc1. The molecule has 0 saturated heterocycles. The second kappa shape index (κ2) is 8.83. The lowest BCUT2D eigenvalue weighted by Gasteiger charge is -2.06. The van der Waals surface area contributed by atoms with Crippen molar-refractivity contribution in [2.24, 2.45) is 5.10 Å². The third-order valence-electron chi connectivity index (χ3n) is 3.76. The third kappa shape index (κ3) is 5.18. The van der Waals surface area contributed by atoms with E-state index >= 15 is 0 Å². The van der Waals surface area contributed by atoms with Crippen LogP contribution in [0.3, 0.4) is 0 Å². The Hall–Kier alpha value is -3.64. The molecule has 3 aromatic carbocycles. The lowest BCUT2D eigenvalue weighted by molar-refractivity contribution is 0.0954. The number of nitrogens with one attached hydrogen (secondary N) is 2. The summed E-state index contributed by atoms with van der Waals surface area (Å²) in [5.74, 6) is -0.577. The van der Waals surface area contributed by atoms with Gasteiger partial charge in [0.2, 0.25) is 0 Å². The molecule has 0 saturated carbocycles. The average molecular weight is 394 g/mol. The maximum atomic E-state index is 12.3. The molecule has 3 N–H and O–H groups in total. The Morgan fingerprint density at radius 3 is 2.25 bits per heavy atom. The smallest absolute Gasteiger partial charge is 0.271 e. The summed E-state index contributed by atoms with van der Waals surface area (Å²) in [7, 11) is 0. The van der Waals surface area contributed by atoms with Crippen molar-refractivity contribution in [2.45, 2.75) is 0 Å². The van der Waals surface area contributed by atoms with Gasteiger partial charge in [0, 0.05) is 21.8 Å². The van der Waals surface area contributed by atoms with Gasteiger partial charge >= 0.3 is 0 Å². The number of phenolic OH excluding ortho intramolecular Hbond substituents is 1. The zero-order chi connectivity index (χ0) is 19.9. The monoisotopic (exact) mass is 393 g/mol. The van der Waals surface area contributed by atoms with Crippen molar-refractivity contribution in [2.75, 3.05) is 5.32 Å². The second-order valence-electron chi connectivity index (χ2n) is 5.83. The van der Waals surface area contributed by atoms with E-state index in [-0.39, 0.29) is 11.7 Å². The summed E-state index contributed by atoms with van der Waals surface area (Å²) in [4.78, 5) is 24.2. The minimum atomic E-state index is -0.400. The van der Waals surface area contributed by atoms with Crippen molar-refractivity contribution in [3.8, 4) is 5.75 Å². The Balaban J connectivity index is 1.61. The Bertz CT molecular complexity index is 1020. The van der Waals surface area contributed by atoms with Crippen LogP contribution < -0.4 is 10.7 Å². The van der Waals surface area contributed by atoms with Gasteiger partial charge in [0.25, 0.3) is 11.8 Å². The average Bonchev–Trinajstić information content (AvgIpc) is 2.69. The molecule has 0 radical (unpaired) electrons. The molecule has 0 heterocycles. The van der Waals surface area contributed by atoms with Crippen LogP contribution in [-0.4, -0.2) is 23.1 Å². The highest BCUT2D eigenvalue weighted by Crippen LogP contribution is 2.14. The highest BCUT2D eigenvalue weighted by molar-refractivity contribution is 6.30. The lowest BCUT2D eigenvalue weighted by Crippen LogP contribution is -2.17. The molecule has 0 aromatic heterocycles. The van der Waals surface area contributed by atoms with Gasteiger partial charge in [-0.3, -0.25) is 9.59 Å². The normalized spacial score (nSPS) is 10.6. The molecule has 0 aliphatic heterocycles. The standard InChI is InChI=1S/C21H16ClN3O3/c22-17-8-4-15(5-9-17)20(27)24-18-3-1-2-14(12-18)13-23-25-21(28)16-6-10-19(26)11-7-16/h1-13,26H,(H,24,27)(H,25,28)/b23-13-. The van der Waals surface area contributed by atoms with Gasteiger partial charge in [-0.2, -0.15) is 5.10 Å². The van der Waals surface area contributed by atoms with Gasteiger partial charge in [0.15, 0.2) is 0 Å². The topological polar surface area (TPSA) is 90.8 Å². The van der Waals surface area contributed by atoms with E-state index in [2.05, 4.69) is 15.8 Å². The van der Waals surface area contributed by atoms with Gasteiger partial charge in [0.1, 0.15) is 5.75 Å². The van der Waals surface area contributed by atoms with Crippen LogP contribution in [-0.2, 0) is 0 Å². The first-order valence-electron chi connectivity index (χ1n) is 8.31. The molecule has 0 atom stereocenters.